The topological polar surface area (TPSA) is 39.9 Å². The Kier molecular flexibility index (Phi) is 6.12. The molecule has 0 N–H and O–H groups in total. The third-order valence-corrected chi connectivity index (χ3v) is 5.50. The summed E-state index contributed by atoms with van der Waals surface area (Å²) in [5, 5.41) is 10.5. The minimum Gasteiger partial charge on any atom is -0.481 e. The highest BCUT2D eigenvalue weighted by atomic mass is 35.5. The van der Waals surface area contributed by atoms with Crippen LogP contribution in [0.3, 0.4) is 0 Å². The van der Waals surface area contributed by atoms with Crippen LogP contribution in [0.15, 0.2) is 47.6 Å². The van der Waals surface area contributed by atoms with Crippen LogP contribution < -0.4 is 4.74 Å². The van der Waals surface area contributed by atoms with Gasteiger partial charge in [-0.05, 0) is 37.6 Å². The molecule has 26 heavy (non-hydrogen) atoms. The number of nitrogens with zero attached hydrogens (tertiary/aromatic N) is 3. The first-order valence-electron chi connectivity index (χ1n) is 8.13. The van der Waals surface area contributed by atoms with Crippen molar-refractivity contribution in [3.05, 3.63) is 69.5 Å². The first-order chi connectivity index (χ1) is 12.4. The SMILES string of the molecule is Cc1cccc(CSc2nnc(C(C)Oc3ccc(Cl)cc3Cl)n2C)c1. The number of halogens is 2. The maximum Gasteiger partial charge on any atom is 0.191 e. The summed E-state index contributed by atoms with van der Waals surface area (Å²) in [6.45, 7) is 4.01. The van der Waals surface area contributed by atoms with Crippen LogP contribution in [0.4, 0.5) is 0 Å². The zero-order chi connectivity index (χ0) is 18.7. The Morgan fingerprint density at radius 3 is 2.69 bits per heavy atom. The van der Waals surface area contributed by atoms with Gasteiger partial charge in [0.2, 0.25) is 0 Å². The second-order valence-electron chi connectivity index (χ2n) is 6.01. The molecule has 0 saturated heterocycles. The fourth-order valence-electron chi connectivity index (χ4n) is 2.57. The van der Waals surface area contributed by atoms with E-state index in [1.807, 2.05) is 18.5 Å². The Balaban J connectivity index is 1.69. The minimum absolute atomic E-state index is 0.292. The van der Waals surface area contributed by atoms with Crippen LogP contribution in [0, 0.1) is 6.92 Å². The molecule has 0 spiro atoms. The Hall–Kier alpha value is -1.69. The van der Waals surface area contributed by atoms with E-state index >= 15 is 0 Å². The smallest absolute Gasteiger partial charge is 0.191 e. The van der Waals surface area contributed by atoms with Gasteiger partial charge in [0.15, 0.2) is 17.1 Å². The van der Waals surface area contributed by atoms with Crippen molar-refractivity contribution in [2.24, 2.45) is 7.05 Å². The largest absolute Gasteiger partial charge is 0.481 e. The highest BCUT2D eigenvalue weighted by molar-refractivity contribution is 7.98. The van der Waals surface area contributed by atoms with Crippen LogP contribution in [-0.4, -0.2) is 14.8 Å². The molecule has 0 fully saturated rings. The number of aryl methyl sites for hydroxylation is 1. The maximum atomic E-state index is 6.18. The first-order valence-corrected chi connectivity index (χ1v) is 9.87. The summed E-state index contributed by atoms with van der Waals surface area (Å²) in [5.41, 5.74) is 2.51. The Morgan fingerprint density at radius 1 is 1.15 bits per heavy atom. The van der Waals surface area contributed by atoms with Crippen LogP contribution in [0.2, 0.25) is 10.0 Å². The zero-order valence-corrected chi connectivity index (χ0v) is 17.1. The summed E-state index contributed by atoms with van der Waals surface area (Å²) < 4.78 is 7.89. The van der Waals surface area contributed by atoms with Crippen molar-refractivity contribution in [2.75, 3.05) is 0 Å². The van der Waals surface area contributed by atoms with Crippen molar-refractivity contribution in [1.29, 1.82) is 0 Å². The molecule has 1 heterocycles. The fraction of sp³-hybridized carbons (Fsp3) is 0.263. The second-order valence-corrected chi connectivity index (χ2v) is 7.80. The number of benzene rings is 2. The molecule has 7 heteroatoms. The molecule has 0 radical (unpaired) electrons. The average Bonchev–Trinajstić information content (AvgIpc) is 2.96. The van der Waals surface area contributed by atoms with E-state index in [9.17, 15) is 0 Å². The lowest BCUT2D eigenvalue weighted by Crippen LogP contribution is -2.10. The molecule has 0 aliphatic rings. The molecule has 136 valence electrons. The standard InChI is InChI=1S/C19H19Cl2N3OS/c1-12-5-4-6-14(9-12)11-26-19-23-22-18(24(19)3)13(2)25-17-8-7-15(20)10-16(17)21/h4-10,13H,11H2,1-3H3. The number of ether oxygens (including phenoxy) is 1. The quantitative estimate of drug-likeness (QED) is 0.479. The normalized spacial score (nSPS) is 12.2. The zero-order valence-electron chi connectivity index (χ0n) is 14.7. The average molecular weight is 408 g/mol. The molecule has 4 nitrogen and oxygen atoms in total. The summed E-state index contributed by atoms with van der Waals surface area (Å²) in [4.78, 5) is 0. The highest BCUT2D eigenvalue weighted by Gasteiger charge is 2.18. The molecule has 0 amide bonds. The lowest BCUT2D eigenvalue weighted by atomic mass is 10.2. The summed E-state index contributed by atoms with van der Waals surface area (Å²) >= 11 is 13.8. The molecule has 3 aromatic rings. The molecular weight excluding hydrogens is 389 g/mol. The molecule has 1 atom stereocenters. The third kappa shape index (κ3) is 4.53. The van der Waals surface area contributed by atoms with Crippen LogP contribution in [-0.2, 0) is 12.8 Å². The number of thioether (sulfide) groups is 1. The van der Waals surface area contributed by atoms with E-state index in [0.717, 1.165) is 16.7 Å². The fourth-order valence-corrected chi connectivity index (χ4v) is 3.88. The Morgan fingerprint density at radius 2 is 1.96 bits per heavy atom. The van der Waals surface area contributed by atoms with E-state index < -0.39 is 0 Å². The molecule has 0 bridgehead atoms. The molecule has 0 aliphatic carbocycles. The summed E-state index contributed by atoms with van der Waals surface area (Å²) in [7, 11) is 1.94. The lowest BCUT2D eigenvalue weighted by Gasteiger charge is -2.15. The third-order valence-electron chi connectivity index (χ3n) is 3.88. The predicted molar refractivity (Wildman–Crippen MR) is 107 cm³/mol. The predicted octanol–water partition coefficient (Wildman–Crippen LogP) is 5.86. The lowest BCUT2D eigenvalue weighted by molar-refractivity contribution is 0.211. The van der Waals surface area contributed by atoms with Crippen LogP contribution in [0.1, 0.15) is 30.0 Å². The van der Waals surface area contributed by atoms with Gasteiger partial charge in [0.1, 0.15) is 5.75 Å². The number of rotatable bonds is 6. The number of hydrogen-bond acceptors (Lipinski definition) is 4. The van der Waals surface area contributed by atoms with E-state index in [-0.39, 0.29) is 6.10 Å². The van der Waals surface area contributed by atoms with Crippen LogP contribution in [0.5, 0.6) is 5.75 Å². The van der Waals surface area contributed by atoms with Gasteiger partial charge in [-0.25, -0.2) is 0 Å². The van der Waals surface area contributed by atoms with Gasteiger partial charge in [-0.3, -0.25) is 0 Å². The van der Waals surface area contributed by atoms with E-state index in [0.29, 0.717) is 15.8 Å². The summed E-state index contributed by atoms with van der Waals surface area (Å²) in [5.74, 6) is 2.15. The Bertz CT molecular complexity index is 914. The van der Waals surface area contributed by atoms with Gasteiger partial charge in [-0.2, -0.15) is 0 Å². The molecule has 0 saturated carbocycles. The molecule has 0 aliphatic heterocycles. The van der Waals surface area contributed by atoms with E-state index in [4.69, 9.17) is 27.9 Å². The van der Waals surface area contributed by atoms with Gasteiger partial charge < -0.3 is 9.30 Å². The van der Waals surface area contributed by atoms with Crippen LogP contribution >= 0.6 is 35.0 Å². The van der Waals surface area contributed by atoms with Crippen molar-refractivity contribution >= 4 is 35.0 Å². The molecular formula is C19H19Cl2N3OS. The molecule has 1 aromatic heterocycles. The van der Waals surface area contributed by atoms with E-state index in [2.05, 4.69) is 41.4 Å². The van der Waals surface area contributed by atoms with Crippen molar-refractivity contribution in [3.8, 4) is 5.75 Å². The number of aromatic nitrogens is 3. The molecule has 1 unspecified atom stereocenters. The van der Waals surface area contributed by atoms with Gasteiger partial charge in [0.05, 0.1) is 5.02 Å². The van der Waals surface area contributed by atoms with E-state index in [1.54, 1.807) is 30.0 Å². The monoisotopic (exact) mass is 407 g/mol. The van der Waals surface area contributed by atoms with Gasteiger partial charge in [-0.15, -0.1) is 10.2 Å². The van der Waals surface area contributed by atoms with Gasteiger partial charge in [0, 0.05) is 17.8 Å². The van der Waals surface area contributed by atoms with Crippen molar-refractivity contribution in [1.82, 2.24) is 14.8 Å². The molecule has 3 rings (SSSR count). The first kappa shape index (κ1) is 19.1. The number of hydrogen-bond donors (Lipinski definition) is 0. The van der Waals surface area contributed by atoms with Gasteiger partial charge in [0.25, 0.3) is 0 Å². The van der Waals surface area contributed by atoms with Gasteiger partial charge in [-0.1, -0.05) is 64.8 Å². The molecule has 2 aromatic carbocycles. The summed E-state index contributed by atoms with van der Waals surface area (Å²) in [6.07, 6.45) is -0.292. The summed E-state index contributed by atoms with van der Waals surface area (Å²) in [6, 6.07) is 13.6. The highest BCUT2D eigenvalue weighted by Crippen LogP contribution is 2.31. The van der Waals surface area contributed by atoms with Crippen molar-refractivity contribution in [3.63, 3.8) is 0 Å². The Labute approximate surface area is 167 Å². The van der Waals surface area contributed by atoms with Crippen molar-refractivity contribution < 1.29 is 4.74 Å². The van der Waals surface area contributed by atoms with Gasteiger partial charge >= 0.3 is 0 Å². The van der Waals surface area contributed by atoms with E-state index in [1.165, 1.54) is 11.1 Å². The second kappa shape index (κ2) is 8.33. The van der Waals surface area contributed by atoms with Crippen molar-refractivity contribution in [2.45, 2.75) is 30.9 Å². The maximum absolute atomic E-state index is 6.18. The minimum atomic E-state index is -0.292. The van der Waals surface area contributed by atoms with Crippen LogP contribution in [0.25, 0.3) is 0 Å².